The van der Waals surface area contributed by atoms with Crippen LogP contribution >= 0.6 is 11.3 Å². The Hall–Kier alpha value is -2.35. The number of rotatable bonds is 4. The van der Waals surface area contributed by atoms with Gasteiger partial charge in [-0.3, -0.25) is 9.59 Å². The van der Waals surface area contributed by atoms with Gasteiger partial charge in [0.1, 0.15) is 5.54 Å². The smallest absolute Gasteiger partial charge is 0.367 e. The molecule has 122 valence electrons. The lowest BCUT2D eigenvalue weighted by molar-refractivity contribution is -0.137. The number of alkyl halides is 3. The van der Waals surface area contributed by atoms with Crippen molar-refractivity contribution in [2.24, 2.45) is 5.73 Å². The number of primary amides is 1. The maximum atomic E-state index is 12.8. The molecule has 0 unspecified atom stereocenters. The van der Waals surface area contributed by atoms with Crippen molar-refractivity contribution in [3.05, 3.63) is 57.8 Å². The topological polar surface area (TPSA) is 72.2 Å². The van der Waals surface area contributed by atoms with Gasteiger partial charge in [0.15, 0.2) is 0 Å². The number of hydrogen-bond acceptors (Lipinski definition) is 3. The highest BCUT2D eigenvalue weighted by Crippen LogP contribution is 2.32. The van der Waals surface area contributed by atoms with Crippen molar-refractivity contribution >= 4 is 23.2 Å². The minimum absolute atomic E-state index is 0.0385. The molecule has 8 heteroatoms. The third kappa shape index (κ3) is 3.53. The number of benzene rings is 1. The number of carbonyl (C=O) groups excluding carboxylic acids is 2. The Labute approximate surface area is 134 Å². The third-order valence-corrected chi connectivity index (χ3v) is 4.09. The number of nitrogens with one attached hydrogen (secondary N) is 1. The molecule has 2 amide bonds. The van der Waals surface area contributed by atoms with Crippen LogP contribution in [0.15, 0.2) is 41.1 Å². The molecule has 0 spiro atoms. The molecule has 2 rings (SSSR count). The minimum Gasteiger partial charge on any atom is -0.367 e. The molecule has 4 nitrogen and oxygen atoms in total. The summed E-state index contributed by atoms with van der Waals surface area (Å²) in [6.07, 6.45) is -4.56. The quantitative estimate of drug-likeness (QED) is 0.897. The molecule has 3 N–H and O–H groups in total. The zero-order valence-corrected chi connectivity index (χ0v) is 12.8. The van der Waals surface area contributed by atoms with Crippen LogP contribution in [-0.2, 0) is 16.5 Å². The molecule has 2 aromatic rings. The van der Waals surface area contributed by atoms with Gasteiger partial charge in [-0.1, -0.05) is 12.1 Å². The zero-order valence-electron chi connectivity index (χ0n) is 12.0. The second kappa shape index (κ2) is 6.04. The molecule has 1 aromatic carbocycles. The van der Waals surface area contributed by atoms with Crippen molar-refractivity contribution in [2.45, 2.75) is 18.6 Å². The van der Waals surface area contributed by atoms with E-state index in [1.165, 1.54) is 30.4 Å². The molecule has 0 saturated heterocycles. The van der Waals surface area contributed by atoms with Crippen LogP contribution < -0.4 is 11.1 Å². The molecule has 0 fully saturated rings. The summed E-state index contributed by atoms with van der Waals surface area (Å²) >= 11 is 1.28. The minimum atomic E-state index is -4.56. The van der Waals surface area contributed by atoms with Crippen LogP contribution in [0.3, 0.4) is 0 Å². The van der Waals surface area contributed by atoms with Gasteiger partial charge in [0, 0.05) is 5.38 Å². The highest BCUT2D eigenvalue weighted by atomic mass is 32.1. The molecule has 0 aliphatic rings. The number of carbonyl (C=O) groups is 2. The monoisotopic (exact) mass is 342 g/mol. The Morgan fingerprint density at radius 2 is 1.83 bits per heavy atom. The van der Waals surface area contributed by atoms with Crippen molar-refractivity contribution in [3.63, 3.8) is 0 Å². The molecule has 23 heavy (non-hydrogen) atoms. The van der Waals surface area contributed by atoms with E-state index in [1.54, 1.807) is 10.8 Å². The fourth-order valence-corrected chi connectivity index (χ4v) is 2.61. The van der Waals surface area contributed by atoms with Crippen molar-refractivity contribution in [1.82, 2.24) is 5.32 Å². The van der Waals surface area contributed by atoms with Crippen LogP contribution in [0.1, 0.15) is 28.4 Å². The summed E-state index contributed by atoms with van der Waals surface area (Å²) in [5.41, 5.74) is 2.91. The maximum Gasteiger partial charge on any atom is 0.416 e. The van der Waals surface area contributed by atoms with E-state index in [-0.39, 0.29) is 5.56 Å². The molecule has 1 atom stereocenters. The van der Waals surface area contributed by atoms with Crippen LogP contribution in [0, 0.1) is 0 Å². The summed E-state index contributed by atoms with van der Waals surface area (Å²) in [5.74, 6) is -1.55. The van der Waals surface area contributed by atoms with Gasteiger partial charge in [0.05, 0.1) is 11.1 Å². The Balaban J connectivity index is 2.41. The predicted molar refractivity (Wildman–Crippen MR) is 79.8 cm³/mol. The molecular weight excluding hydrogens is 329 g/mol. The van der Waals surface area contributed by atoms with Gasteiger partial charge in [0.25, 0.3) is 5.91 Å². The van der Waals surface area contributed by atoms with Gasteiger partial charge < -0.3 is 11.1 Å². The fourth-order valence-electron chi connectivity index (χ4n) is 1.98. The van der Waals surface area contributed by atoms with Crippen LogP contribution in [0.5, 0.6) is 0 Å². The second-order valence-corrected chi connectivity index (χ2v) is 5.81. The van der Waals surface area contributed by atoms with Gasteiger partial charge in [-0.25, -0.2) is 0 Å². The Morgan fingerprint density at radius 1 is 1.17 bits per heavy atom. The van der Waals surface area contributed by atoms with E-state index in [9.17, 15) is 22.8 Å². The molecule has 0 aliphatic heterocycles. The summed E-state index contributed by atoms with van der Waals surface area (Å²) < 4.78 is 38.5. The van der Waals surface area contributed by atoms with Crippen LogP contribution in [0.2, 0.25) is 0 Å². The summed E-state index contributed by atoms with van der Waals surface area (Å²) in [4.78, 5) is 24.0. The van der Waals surface area contributed by atoms with Gasteiger partial charge in [-0.2, -0.15) is 24.5 Å². The first-order valence-electron chi connectivity index (χ1n) is 6.47. The SMILES string of the molecule is C[C@](NC(=O)c1ccsc1)(C(N)=O)c1cccc(C(F)(F)F)c1. The lowest BCUT2D eigenvalue weighted by atomic mass is 9.89. The van der Waals surface area contributed by atoms with Crippen molar-refractivity contribution < 1.29 is 22.8 Å². The number of thiophene rings is 1. The molecule has 0 radical (unpaired) electrons. The van der Waals surface area contributed by atoms with Gasteiger partial charge >= 0.3 is 6.18 Å². The number of nitrogens with two attached hydrogens (primary N) is 1. The van der Waals surface area contributed by atoms with E-state index in [4.69, 9.17) is 5.73 Å². The summed E-state index contributed by atoms with van der Waals surface area (Å²) in [6.45, 7) is 1.27. The Kier molecular flexibility index (Phi) is 4.46. The van der Waals surface area contributed by atoms with E-state index in [0.717, 1.165) is 18.2 Å². The number of amides is 2. The highest BCUT2D eigenvalue weighted by Gasteiger charge is 2.38. The average Bonchev–Trinajstić information content (AvgIpc) is 3.00. The first kappa shape index (κ1) is 17.0. The normalized spacial score (nSPS) is 14.1. The number of hydrogen-bond donors (Lipinski definition) is 2. The van der Waals surface area contributed by atoms with Crippen LogP contribution in [0.4, 0.5) is 13.2 Å². The first-order valence-corrected chi connectivity index (χ1v) is 7.41. The Bertz CT molecular complexity index is 729. The maximum absolute atomic E-state index is 12.8. The van der Waals surface area contributed by atoms with Gasteiger partial charge in [-0.05, 0) is 36.1 Å². The van der Waals surface area contributed by atoms with E-state index < -0.39 is 29.1 Å². The standard InChI is InChI=1S/C15H13F3N2O2S/c1-14(13(19)22,20-12(21)9-5-6-23-8-9)10-3-2-4-11(7-10)15(16,17)18/h2-8H,1H3,(H2,19,22)(H,20,21)/t14-/m1/s1. The lowest BCUT2D eigenvalue weighted by Gasteiger charge is -2.28. The molecular formula is C15H13F3N2O2S. The molecule has 0 aliphatic carbocycles. The summed E-state index contributed by atoms with van der Waals surface area (Å²) in [5, 5.41) is 5.64. The Morgan fingerprint density at radius 3 is 2.35 bits per heavy atom. The largest absolute Gasteiger partial charge is 0.416 e. The van der Waals surface area contributed by atoms with E-state index in [0.29, 0.717) is 5.56 Å². The third-order valence-electron chi connectivity index (χ3n) is 3.41. The average molecular weight is 342 g/mol. The molecule has 0 saturated carbocycles. The van der Waals surface area contributed by atoms with Crippen molar-refractivity contribution in [2.75, 3.05) is 0 Å². The van der Waals surface area contributed by atoms with Crippen molar-refractivity contribution in [3.8, 4) is 0 Å². The first-order chi connectivity index (χ1) is 10.6. The fraction of sp³-hybridized carbons (Fsp3) is 0.200. The van der Waals surface area contributed by atoms with Gasteiger partial charge in [0.2, 0.25) is 5.91 Å². The van der Waals surface area contributed by atoms with E-state index in [1.807, 2.05) is 0 Å². The van der Waals surface area contributed by atoms with E-state index in [2.05, 4.69) is 5.32 Å². The molecule has 1 heterocycles. The second-order valence-electron chi connectivity index (χ2n) is 5.03. The molecule has 1 aromatic heterocycles. The van der Waals surface area contributed by atoms with Gasteiger partial charge in [-0.15, -0.1) is 0 Å². The molecule has 0 bridgehead atoms. The summed E-state index contributed by atoms with van der Waals surface area (Å²) in [7, 11) is 0. The number of halogens is 3. The van der Waals surface area contributed by atoms with Crippen LogP contribution in [0.25, 0.3) is 0 Å². The lowest BCUT2D eigenvalue weighted by Crippen LogP contribution is -2.52. The van der Waals surface area contributed by atoms with Crippen LogP contribution in [-0.4, -0.2) is 11.8 Å². The predicted octanol–water partition coefficient (Wildman–Crippen LogP) is 2.90. The highest BCUT2D eigenvalue weighted by molar-refractivity contribution is 7.08. The van der Waals surface area contributed by atoms with Crippen molar-refractivity contribution in [1.29, 1.82) is 0 Å². The zero-order chi connectivity index (χ0) is 17.3. The van der Waals surface area contributed by atoms with E-state index >= 15 is 0 Å². The summed E-state index contributed by atoms with van der Waals surface area (Å²) in [6, 6.07) is 5.70.